The highest BCUT2D eigenvalue weighted by atomic mass is 32.2. The Hall–Kier alpha value is -2.97. The molecule has 0 amide bonds. The monoisotopic (exact) mass is 454 g/mol. The predicted octanol–water partition coefficient (Wildman–Crippen LogP) is 3.81. The van der Waals surface area contributed by atoms with Gasteiger partial charge in [-0.05, 0) is 50.1 Å². The maximum absolute atomic E-state index is 13.2. The highest BCUT2D eigenvalue weighted by Gasteiger charge is 2.17. The number of thioether (sulfide) groups is 1. The van der Waals surface area contributed by atoms with Gasteiger partial charge >= 0.3 is 5.97 Å². The van der Waals surface area contributed by atoms with Crippen LogP contribution in [0.1, 0.15) is 38.3 Å². The van der Waals surface area contributed by atoms with Crippen molar-refractivity contribution >= 4 is 34.4 Å². The molecule has 2 aromatic carbocycles. The van der Waals surface area contributed by atoms with Crippen LogP contribution in [-0.4, -0.2) is 47.9 Å². The lowest BCUT2D eigenvalue weighted by Crippen LogP contribution is -2.24. The molecule has 0 N–H and O–H groups in total. The van der Waals surface area contributed by atoms with E-state index < -0.39 is 5.97 Å². The number of benzene rings is 2. The molecule has 0 spiro atoms. The Balaban J connectivity index is 1.98. The maximum Gasteiger partial charge on any atom is 0.337 e. The van der Waals surface area contributed by atoms with E-state index in [0.29, 0.717) is 46.8 Å². The van der Waals surface area contributed by atoms with E-state index in [1.165, 1.54) is 18.9 Å². The zero-order valence-electron chi connectivity index (χ0n) is 18.6. The summed E-state index contributed by atoms with van der Waals surface area (Å²) in [6.07, 6.45) is 0.627. The van der Waals surface area contributed by atoms with E-state index in [2.05, 4.69) is 4.98 Å². The van der Waals surface area contributed by atoms with Crippen LogP contribution in [0.3, 0.4) is 0 Å². The van der Waals surface area contributed by atoms with Crippen molar-refractivity contribution in [2.24, 2.45) is 0 Å². The number of aryl methyl sites for hydroxylation is 2. The third-order valence-corrected chi connectivity index (χ3v) is 6.07. The fourth-order valence-electron chi connectivity index (χ4n) is 3.36. The number of esters is 1. The molecule has 3 aromatic rings. The van der Waals surface area contributed by atoms with Crippen LogP contribution >= 0.6 is 11.8 Å². The number of carbonyl (C=O) groups excluding carboxylic acids is 2. The SMILES string of the molecule is COCCCn1c(SCC(=O)c2cc(C)ccc2C)nc2cc(C(=O)OC)ccc2c1=O. The zero-order chi connectivity index (χ0) is 23.3. The van der Waals surface area contributed by atoms with Crippen molar-refractivity contribution in [1.82, 2.24) is 9.55 Å². The van der Waals surface area contributed by atoms with Gasteiger partial charge in [-0.15, -0.1) is 0 Å². The van der Waals surface area contributed by atoms with Gasteiger partial charge in [-0.2, -0.15) is 0 Å². The van der Waals surface area contributed by atoms with Crippen LogP contribution in [0.15, 0.2) is 46.3 Å². The number of nitrogens with zero attached hydrogens (tertiary/aromatic N) is 2. The highest BCUT2D eigenvalue weighted by molar-refractivity contribution is 7.99. The highest BCUT2D eigenvalue weighted by Crippen LogP contribution is 2.22. The Kier molecular flexibility index (Phi) is 7.82. The molecule has 168 valence electrons. The minimum absolute atomic E-state index is 0.0303. The largest absolute Gasteiger partial charge is 0.465 e. The van der Waals surface area contributed by atoms with Crippen molar-refractivity contribution in [1.29, 1.82) is 0 Å². The summed E-state index contributed by atoms with van der Waals surface area (Å²) in [7, 11) is 2.90. The normalized spacial score (nSPS) is 11.0. The van der Waals surface area contributed by atoms with Crippen molar-refractivity contribution in [3.05, 3.63) is 69.0 Å². The van der Waals surface area contributed by atoms with E-state index in [1.54, 1.807) is 29.9 Å². The third kappa shape index (κ3) is 5.26. The first-order valence-corrected chi connectivity index (χ1v) is 11.2. The van der Waals surface area contributed by atoms with Gasteiger partial charge in [-0.1, -0.05) is 29.5 Å². The van der Waals surface area contributed by atoms with Crippen LogP contribution in [0.25, 0.3) is 10.9 Å². The third-order valence-electron chi connectivity index (χ3n) is 5.10. The lowest BCUT2D eigenvalue weighted by molar-refractivity contribution is 0.0600. The second-order valence-electron chi connectivity index (χ2n) is 7.45. The van der Waals surface area contributed by atoms with Crippen molar-refractivity contribution in [2.45, 2.75) is 32.0 Å². The van der Waals surface area contributed by atoms with Gasteiger partial charge in [0.15, 0.2) is 10.9 Å². The minimum atomic E-state index is -0.503. The smallest absolute Gasteiger partial charge is 0.337 e. The van der Waals surface area contributed by atoms with Gasteiger partial charge < -0.3 is 9.47 Å². The number of Topliss-reactive ketones (excluding diaryl/α,β-unsaturated/α-hetero) is 1. The molecule has 0 aliphatic rings. The fraction of sp³-hybridized carbons (Fsp3) is 0.333. The summed E-state index contributed by atoms with van der Waals surface area (Å²) in [4.78, 5) is 42.6. The first kappa shape index (κ1) is 23.7. The molecule has 0 saturated heterocycles. The number of rotatable bonds is 9. The van der Waals surface area contributed by atoms with E-state index in [4.69, 9.17) is 9.47 Å². The number of methoxy groups -OCH3 is 2. The van der Waals surface area contributed by atoms with Crippen LogP contribution in [0.4, 0.5) is 0 Å². The van der Waals surface area contributed by atoms with Gasteiger partial charge in [0, 0.05) is 25.8 Å². The van der Waals surface area contributed by atoms with Gasteiger partial charge in [0.2, 0.25) is 0 Å². The summed E-state index contributed by atoms with van der Waals surface area (Å²) in [6.45, 7) is 4.76. The van der Waals surface area contributed by atoms with Crippen molar-refractivity contribution in [2.75, 3.05) is 26.6 Å². The number of ether oxygens (including phenoxy) is 2. The molecule has 0 fully saturated rings. The topological polar surface area (TPSA) is 87.5 Å². The molecule has 0 radical (unpaired) electrons. The molecule has 0 aliphatic heterocycles. The van der Waals surface area contributed by atoms with Crippen LogP contribution in [0, 0.1) is 13.8 Å². The molecule has 1 aromatic heterocycles. The number of aromatic nitrogens is 2. The number of carbonyl (C=O) groups is 2. The van der Waals surface area contributed by atoms with Crippen LogP contribution in [0.5, 0.6) is 0 Å². The van der Waals surface area contributed by atoms with Crippen LogP contribution < -0.4 is 5.56 Å². The molecule has 32 heavy (non-hydrogen) atoms. The molecule has 8 heteroatoms. The van der Waals surface area contributed by atoms with Crippen molar-refractivity contribution < 1.29 is 19.1 Å². The van der Waals surface area contributed by atoms with E-state index in [9.17, 15) is 14.4 Å². The maximum atomic E-state index is 13.2. The summed E-state index contributed by atoms with van der Waals surface area (Å²) >= 11 is 1.22. The van der Waals surface area contributed by atoms with Crippen molar-refractivity contribution in [3.8, 4) is 0 Å². The van der Waals surface area contributed by atoms with Gasteiger partial charge in [-0.3, -0.25) is 14.2 Å². The second-order valence-corrected chi connectivity index (χ2v) is 8.39. The molecule has 0 aliphatic carbocycles. The fourth-order valence-corrected chi connectivity index (χ4v) is 4.27. The summed E-state index contributed by atoms with van der Waals surface area (Å²) in [5.74, 6) is -0.391. The molecule has 0 unspecified atom stereocenters. The van der Waals surface area contributed by atoms with E-state index >= 15 is 0 Å². The molecule has 7 nitrogen and oxygen atoms in total. The van der Waals surface area contributed by atoms with E-state index in [0.717, 1.165) is 11.1 Å². The van der Waals surface area contributed by atoms with Gasteiger partial charge in [-0.25, -0.2) is 9.78 Å². The molecule has 3 rings (SSSR count). The van der Waals surface area contributed by atoms with E-state index in [-0.39, 0.29) is 17.1 Å². The number of ketones is 1. The Bertz CT molecular complexity index is 1220. The average molecular weight is 455 g/mol. The summed E-state index contributed by atoms with van der Waals surface area (Å²) in [5, 5.41) is 0.833. The Morgan fingerprint density at radius 2 is 1.88 bits per heavy atom. The molecular formula is C24H26N2O5S. The molecule has 0 bridgehead atoms. The average Bonchev–Trinajstić information content (AvgIpc) is 2.79. The summed E-state index contributed by atoms with van der Waals surface area (Å²) in [5.41, 5.74) is 3.07. The quantitative estimate of drug-likeness (QED) is 0.160. The number of hydrogen-bond donors (Lipinski definition) is 0. The summed E-state index contributed by atoms with van der Waals surface area (Å²) < 4.78 is 11.5. The standard InChI is InChI=1S/C24H26N2O5S/c1-15-6-7-16(2)19(12-15)21(27)14-32-24-25-20-13-17(23(29)31-4)8-9-18(20)22(28)26(24)10-5-11-30-3/h6-9,12-13H,5,10-11,14H2,1-4H3. The Morgan fingerprint density at radius 3 is 2.59 bits per heavy atom. The first-order chi connectivity index (χ1) is 15.3. The molecule has 0 atom stereocenters. The Morgan fingerprint density at radius 1 is 1.09 bits per heavy atom. The number of fused-ring (bicyclic) bond motifs is 1. The number of hydrogen-bond acceptors (Lipinski definition) is 7. The molecule has 0 saturated carbocycles. The minimum Gasteiger partial charge on any atom is -0.465 e. The van der Waals surface area contributed by atoms with Crippen LogP contribution in [-0.2, 0) is 16.0 Å². The lowest BCUT2D eigenvalue weighted by Gasteiger charge is -2.13. The van der Waals surface area contributed by atoms with Gasteiger partial charge in [0.25, 0.3) is 5.56 Å². The lowest BCUT2D eigenvalue weighted by atomic mass is 10.0. The predicted molar refractivity (Wildman–Crippen MR) is 125 cm³/mol. The van der Waals surface area contributed by atoms with Gasteiger partial charge in [0.1, 0.15) is 0 Å². The van der Waals surface area contributed by atoms with Crippen LogP contribution in [0.2, 0.25) is 0 Å². The Labute approximate surface area is 190 Å². The molecule has 1 heterocycles. The van der Waals surface area contributed by atoms with Crippen molar-refractivity contribution in [3.63, 3.8) is 0 Å². The summed E-state index contributed by atoms with van der Waals surface area (Å²) in [6, 6.07) is 10.4. The zero-order valence-corrected chi connectivity index (χ0v) is 19.5. The van der Waals surface area contributed by atoms with Gasteiger partial charge in [0.05, 0.1) is 29.3 Å². The first-order valence-electron chi connectivity index (χ1n) is 10.2. The second kappa shape index (κ2) is 10.6. The van der Waals surface area contributed by atoms with E-state index in [1.807, 2.05) is 32.0 Å². The molecular weight excluding hydrogens is 428 g/mol.